The van der Waals surface area contributed by atoms with Gasteiger partial charge in [0, 0.05) is 56.1 Å². The fourth-order valence-corrected chi connectivity index (χ4v) is 5.75. The number of amides is 2. The zero-order valence-electron chi connectivity index (χ0n) is 18.5. The molecule has 0 spiro atoms. The van der Waals surface area contributed by atoms with Gasteiger partial charge in [0.15, 0.2) is 35.3 Å². The molecule has 4 heterocycles. The number of rotatable bonds is 3. The van der Waals surface area contributed by atoms with Crippen LogP contribution in [0.15, 0.2) is 40.2 Å². The SMILES string of the molecule is Cn1cc2c(c1C(=O)Nc1cc(F)c(F)c(F)c1)OCC1CN(C(=O)c3cnco3)CC1NS2(=O)=O. The van der Waals surface area contributed by atoms with Crippen molar-refractivity contribution in [1.29, 1.82) is 0 Å². The predicted octanol–water partition coefficient (Wildman–Crippen LogP) is 1.49. The molecular weight excluding hydrogens is 507 g/mol. The van der Waals surface area contributed by atoms with Crippen LogP contribution in [0, 0.1) is 23.4 Å². The summed E-state index contributed by atoms with van der Waals surface area (Å²) in [5.41, 5.74) is -0.623. The van der Waals surface area contributed by atoms with Gasteiger partial charge >= 0.3 is 0 Å². The zero-order chi connectivity index (χ0) is 25.8. The molecule has 0 bridgehead atoms. The van der Waals surface area contributed by atoms with Gasteiger partial charge in [-0.1, -0.05) is 0 Å². The average molecular weight is 525 g/mol. The molecule has 11 nitrogen and oxygen atoms in total. The topological polar surface area (TPSA) is 136 Å². The highest BCUT2D eigenvalue weighted by atomic mass is 32.2. The van der Waals surface area contributed by atoms with Gasteiger partial charge in [-0.05, 0) is 0 Å². The summed E-state index contributed by atoms with van der Waals surface area (Å²) in [7, 11) is -2.81. The molecule has 2 aliphatic heterocycles. The van der Waals surface area contributed by atoms with Gasteiger partial charge in [0.25, 0.3) is 11.8 Å². The van der Waals surface area contributed by atoms with Crippen LogP contribution < -0.4 is 14.8 Å². The molecule has 2 unspecified atom stereocenters. The molecule has 1 aromatic carbocycles. The number of hydrogen-bond donors (Lipinski definition) is 2. The number of nitrogens with one attached hydrogen (secondary N) is 2. The van der Waals surface area contributed by atoms with Crippen LogP contribution in [0.1, 0.15) is 21.0 Å². The van der Waals surface area contributed by atoms with Gasteiger partial charge in [-0.15, -0.1) is 0 Å². The van der Waals surface area contributed by atoms with Crippen molar-refractivity contribution in [2.45, 2.75) is 10.9 Å². The fourth-order valence-electron chi connectivity index (χ4n) is 4.26. The maximum Gasteiger partial charge on any atom is 0.291 e. The Morgan fingerprint density at radius 3 is 2.58 bits per heavy atom. The van der Waals surface area contributed by atoms with Gasteiger partial charge < -0.3 is 23.9 Å². The molecule has 0 aliphatic carbocycles. The van der Waals surface area contributed by atoms with Crippen molar-refractivity contribution < 1.29 is 40.3 Å². The maximum absolute atomic E-state index is 13.6. The van der Waals surface area contributed by atoms with Crippen molar-refractivity contribution in [2.24, 2.45) is 13.0 Å². The van der Waals surface area contributed by atoms with Crippen molar-refractivity contribution in [3.8, 4) is 5.75 Å². The van der Waals surface area contributed by atoms with E-state index in [0.717, 1.165) is 12.6 Å². The van der Waals surface area contributed by atoms with Crippen molar-refractivity contribution in [3.05, 3.63) is 59.8 Å². The smallest absolute Gasteiger partial charge is 0.291 e. The molecule has 5 rings (SSSR count). The highest BCUT2D eigenvalue weighted by Crippen LogP contribution is 2.35. The van der Waals surface area contributed by atoms with Crippen LogP contribution >= 0.6 is 0 Å². The Balaban J connectivity index is 1.42. The number of sulfonamides is 1. The Hall–Kier alpha value is -3.85. The van der Waals surface area contributed by atoms with Gasteiger partial charge in [-0.3, -0.25) is 9.59 Å². The molecule has 0 saturated carbocycles. The van der Waals surface area contributed by atoms with Crippen LogP contribution in [0.3, 0.4) is 0 Å². The number of aryl methyl sites for hydroxylation is 1. The van der Waals surface area contributed by atoms with Crippen molar-refractivity contribution in [3.63, 3.8) is 0 Å². The number of fused-ring (bicyclic) bond motifs is 2. The van der Waals surface area contributed by atoms with Gasteiger partial charge in [-0.25, -0.2) is 31.3 Å². The first-order valence-corrected chi connectivity index (χ1v) is 12.0. The van der Waals surface area contributed by atoms with Crippen LogP contribution in [0.4, 0.5) is 18.9 Å². The lowest BCUT2D eigenvalue weighted by atomic mass is 10.1. The number of carbonyl (C=O) groups is 2. The lowest BCUT2D eigenvalue weighted by Crippen LogP contribution is -2.43. The number of hydrogen-bond acceptors (Lipinski definition) is 7. The van der Waals surface area contributed by atoms with Crippen LogP contribution in [0.25, 0.3) is 0 Å². The summed E-state index contributed by atoms with van der Waals surface area (Å²) >= 11 is 0. The maximum atomic E-state index is 13.6. The normalized spacial score (nSPS) is 20.6. The lowest BCUT2D eigenvalue weighted by Gasteiger charge is -2.23. The van der Waals surface area contributed by atoms with Gasteiger partial charge in [0.05, 0.1) is 12.8 Å². The largest absolute Gasteiger partial charge is 0.489 e. The predicted molar refractivity (Wildman–Crippen MR) is 115 cm³/mol. The molecule has 2 aliphatic rings. The van der Waals surface area contributed by atoms with E-state index < -0.39 is 51.2 Å². The number of halogens is 3. The molecule has 2 amide bonds. The number of nitrogens with zero attached hydrogens (tertiary/aromatic N) is 3. The first kappa shape index (κ1) is 23.9. The third-order valence-corrected chi connectivity index (χ3v) is 7.45. The molecule has 1 fully saturated rings. The lowest BCUT2D eigenvalue weighted by molar-refractivity contribution is 0.0750. The van der Waals surface area contributed by atoms with Crippen LogP contribution in [0.5, 0.6) is 5.75 Å². The number of aromatic nitrogens is 2. The zero-order valence-corrected chi connectivity index (χ0v) is 19.3. The molecule has 15 heteroatoms. The second-order valence-electron chi connectivity index (χ2n) is 8.36. The molecule has 2 atom stereocenters. The number of anilines is 1. The van der Waals surface area contributed by atoms with Crippen LogP contribution in [-0.4, -0.2) is 60.4 Å². The third-order valence-electron chi connectivity index (χ3n) is 5.97. The van der Waals surface area contributed by atoms with Gasteiger partial charge in [-0.2, -0.15) is 0 Å². The van der Waals surface area contributed by atoms with E-state index in [2.05, 4.69) is 15.0 Å². The van der Waals surface area contributed by atoms with Gasteiger partial charge in [0.1, 0.15) is 4.90 Å². The molecule has 1 saturated heterocycles. The summed E-state index contributed by atoms with van der Waals surface area (Å²) in [6.07, 6.45) is 3.52. The quantitative estimate of drug-likeness (QED) is 0.495. The summed E-state index contributed by atoms with van der Waals surface area (Å²) in [6.45, 7) is 0.152. The van der Waals surface area contributed by atoms with E-state index >= 15 is 0 Å². The van der Waals surface area contributed by atoms with E-state index in [9.17, 15) is 31.2 Å². The van der Waals surface area contributed by atoms with E-state index in [4.69, 9.17) is 9.15 Å². The number of likely N-dealkylation sites (tertiary alicyclic amines) is 1. The minimum absolute atomic E-state index is 0.00424. The Morgan fingerprint density at radius 1 is 1.19 bits per heavy atom. The van der Waals surface area contributed by atoms with E-state index in [0.29, 0.717) is 12.1 Å². The molecule has 0 radical (unpaired) electrons. The summed E-state index contributed by atoms with van der Waals surface area (Å²) < 4.78 is 81.3. The van der Waals surface area contributed by atoms with Crippen molar-refractivity contribution in [1.82, 2.24) is 19.2 Å². The molecule has 2 N–H and O–H groups in total. The minimum Gasteiger partial charge on any atom is -0.489 e. The molecular formula is C21H18F3N5O6S. The Kier molecular flexibility index (Phi) is 5.75. The van der Waals surface area contributed by atoms with Crippen LogP contribution in [-0.2, 0) is 17.1 Å². The first-order valence-electron chi connectivity index (χ1n) is 10.5. The van der Waals surface area contributed by atoms with Crippen molar-refractivity contribution in [2.75, 3.05) is 25.0 Å². The molecule has 190 valence electrons. The Labute approximate surface area is 201 Å². The highest BCUT2D eigenvalue weighted by molar-refractivity contribution is 7.89. The number of benzene rings is 1. The van der Waals surface area contributed by atoms with E-state index in [-0.39, 0.29) is 47.5 Å². The average Bonchev–Trinajstić information content (AvgIpc) is 3.54. The molecule has 3 aromatic rings. The Bertz CT molecular complexity index is 1450. The molecule has 2 aromatic heterocycles. The number of carbonyl (C=O) groups excluding carboxylic acids is 2. The number of oxazole rings is 1. The summed E-state index contributed by atoms with van der Waals surface area (Å²) in [5, 5.41) is 2.22. The van der Waals surface area contributed by atoms with Crippen LogP contribution in [0.2, 0.25) is 0 Å². The second kappa shape index (κ2) is 8.67. The van der Waals surface area contributed by atoms with Crippen molar-refractivity contribution >= 4 is 27.5 Å². The fraction of sp³-hybridized carbons (Fsp3) is 0.286. The number of ether oxygens (including phenoxy) is 1. The second-order valence-corrected chi connectivity index (χ2v) is 10.0. The van der Waals surface area contributed by atoms with E-state index in [1.54, 1.807) is 0 Å². The highest BCUT2D eigenvalue weighted by Gasteiger charge is 2.43. The first-order chi connectivity index (χ1) is 17.0. The summed E-state index contributed by atoms with van der Waals surface area (Å²) in [5.74, 6) is -6.84. The minimum atomic E-state index is -4.21. The molecule has 36 heavy (non-hydrogen) atoms. The van der Waals surface area contributed by atoms with E-state index in [1.165, 1.54) is 22.7 Å². The Morgan fingerprint density at radius 2 is 1.92 bits per heavy atom. The summed E-state index contributed by atoms with van der Waals surface area (Å²) in [6, 6.07) is 0.509. The third kappa shape index (κ3) is 4.09. The van der Waals surface area contributed by atoms with E-state index in [1.807, 2.05) is 0 Å². The monoisotopic (exact) mass is 525 g/mol. The van der Waals surface area contributed by atoms with Gasteiger partial charge in [0.2, 0.25) is 15.8 Å². The standard InChI is InChI=1S/C21H18F3N5O6S/c1-28-7-16-19(18(28)20(30)26-11-2-12(22)17(24)13(23)3-11)34-8-10-5-29(6-14(10)27-36(16,32)33)21(31)15-4-25-9-35-15/h2-4,7,9-10,14,27H,5-6,8H2,1H3,(H,26,30). The summed E-state index contributed by atoms with van der Waals surface area (Å²) in [4.78, 5) is 30.4.